The lowest BCUT2D eigenvalue weighted by atomic mass is 10.4. The first-order chi connectivity index (χ1) is 15.2. The van der Waals surface area contributed by atoms with Gasteiger partial charge in [0.25, 0.3) is 0 Å². The van der Waals surface area contributed by atoms with Gasteiger partial charge < -0.3 is 0 Å². The van der Waals surface area contributed by atoms with Crippen LogP contribution in [0, 0.1) is 15.7 Å². The molecule has 0 saturated carbocycles. The lowest BCUT2D eigenvalue weighted by Crippen LogP contribution is -2.68. The van der Waals surface area contributed by atoms with Gasteiger partial charge in [-0.15, -0.1) is 10.2 Å². The van der Waals surface area contributed by atoms with Crippen LogP contribution in [-0.2, 0) is 4.79 Å². The first-order valence-corrected chi connectivity index (χ1v) is 13.6. The molecular formula is C22H20ClN2O5PS. The first kappa shape index (κ1) is 24.4. The molecule has 4 rings (SSSR count). The molecule has 1 N–H and O–H groups in total. The normalized spacial score (nSPS) is 14.2. The summed E-state index contributed by atoms with van der Waals surface area (Å²) < 4.78 is 34.0. The lowest BCUT2D eigenvalue weighted by Gasteiger charge is -2.30. The highest BCUT2D eigenvalue weighted by atomic mass is 35.7. The van der Waals surface area contributed by atoms with E-state index in [9.17, 15) is 4.79 Å². The number of rotatable bonds is 5. The maximum atomic E-state index is 12.5. The van der Waals surface area contributed by atoms with Gasteiger partial charge in [-0.2, -0.15) is 0 Å². The van der Waals surface area contributed by atoms with E-state index in [0.29, 0.717) is 17.2 Å². The van der Waals surface area contributed by atoms with Crippen molar-refractivity contribution in [3.8, 4) is 0 Å². The Morgan fingerprint density at radius 3 is 1.41 bits per heavy atom. The number of nitrogens with zero attached hydrogens (tertiary/aromatic N) is 1. The molecule has 1 fully saturated rings. The average molecular weight is 491 g/mol. The van der Waals surface area contributed by atoms with Gasteiger partial charge in [0.1, 0.15) is 23.2 Å². The Hall–Kier alpha value is -2.29. The fourth-order valence-corrected chi connectivity index (χ4v) is 8.48. The van der Waals surface area contributed by atoms with E-state index in [1.54, 1.807) is 4.90 Å². The first-order valence-electron chi connectivity index (χ1n) is 9.40. The van der Waals surface area contributed by atoms with Gasteiger partial charge in [-0.3, -0.25) is 15.1 Å². The number of thioether (sulfide) groups is 1. The zero-order valence-electron chi connectivity index (χ0n) is 16.8. The molecule has 0 atom stereocenters. The number of carbonyl (C=O) groups is 1. The molecule has 166 valence electrons. The third-order valence-electron chi connectivity index (χ3n) is 4.82. The number of hydrogen-bond acceptors (Lipinski definition) is 7. The van der Waals surface area contributed by atoms with E-state index in [2.05, 4.69) is 72.8 Å². The van der Waals surface area contributed by atoms with Crippen LogP contribution >= 0.6 is 19.0 Å². The molecule has 0 aromatic heterocycles. The van der Waals surface area contributed by atoms with Crippen LogP contribution in [0.15, 0.2) is 91.0 Å². The fraction of sp³-hybridized carbons (Fsp3) is 0.0909. The van der Waals surface area contributed by atoms with Crippen molar-refractivity contribution in [2.75, 3.05) is 12.0 Å². The highest BCUT2D eigenvalue weighted by Crippen LogP contribution is 2.56. The minimum Gasteiger partial charge on any atom is -0.278 e. The molecule has 0 aliphatic carbocycles. The molecule has 3 aromatic carbocycles. The van der Waals surface area contributed by atoms with Crippen molar-refractivity contribution in [3.63, 3.8) is 0 Å². The van der Waals surface area contributed by atoms with Crippen molar-refractivity contribution < 1.29 is 33.7 Å². The van der Waals surface area contributed by atoms with Crippen LogP contribution < -0.4 is 34.5 Å². The Balaban J connectivity index is 0.000000523. The summed E-state index contributed by atoms with van der Waals surface area (Å²) in [6, 6.07) is 31.4. The number of benzene rings is 3. The summed E-state index contributed by atoms with van der Waals surface area (Å²) in [5.74, 6) is 0.383. The lowest BCUT2D eigenvalue weighted by molar-refractivity contribution is -2.00. The molecule has 0 bridgehead atoms. The molecule has 0 unspecified atom stereocenters. The molecule has 10 heteroatoms. The summed E-state index contributed by atoms with van der Waals surface area (Å²) in [6.07, 6.45) is 0.524. The van der Waals surface area contributed by atoms with Crippen molar-refractivity contribution >= 4 is 46.0 Å². The number of hydrogen-bond donors (Lipinski definition) is 1. The fourth-order valence-electron chi connectivity index (χ4n) is 3.49. The summed E-state index contributed by atoms with van der Waals surface area (Å²) in [7, 11) is -7.07. The second kappa shape index (κ2) is 10.6. The van der Waals surface area contributed by atoms with Gasteiger partial charge in [0.05, 0.1) is 5.75 Å². The number of halogens is 1. The predicted octanol–water partition coefficient (Wildman–Crippen LogP) is -1.31. The van der Waals surface area contributed by atoms with E-state index in [1.165, 1.54) is 27.7 Å². The summed E-state index contributed by atoms with van der Waals surface area (Å²) >= 11 is 1.32. The van der Waals surface area contributed by atoms with Crippen LogP contribution in [0.3, 0.4) is 0 Å². The minimum atomic E-state index is -4.94. The summed E-state index contributed by atoms with van der Waals surface area (Å²) in [5.41, 5.74) is 0. The van der Waals surface area contributed by atoms with E-state index < -0.39 is 17.5 Å². The minimum absolute atomic E-state index is 0.0252. The molecule has 1 saturated heterocycles. The van der Waals surface area contributed by atoms with Crippen molar-refractivity contribution in [3.05, 3.63) is 91.0 Å². The zero-order valence-corrected chi connectivity index (χ0v) is 19.3. The van der Waals surface area contributed by atoms with E-state index in [0.717, 1.165) is 0 Å². The zero-order chi connectivity index (χ0) is 23.2. The van der Waals surface area contributed by atoms with E-state index in [1.807, 2.05) is 18.2 Å². The largest absolute Gasteiger partial charge is 0.278 e. The Kier molecular flexibility index (Phi) is 8.03. The topological polar surface area (TPSA) is 136 Å². The number of carbonyl (C=O) groups excluding carboxylic acids is 1. The number of nitrogens with one attached hydrogen (secondary N) is 1. The van der Waals surface area contributed by atoms with Gasteiger partial charge in [0.15, 0.2) is 11.5 Å². The van der Waals surface area contributed by atoms with Crippen molar-refractivity contribution in [2.24, 2.45) is 0 Å². The van der Waals surface area contributed by atoms with Crippen LogP contribution in [0.4, 0.5) is 0 Å². The van der Waals surface area contributed by atoms with Crippen molar-refractivity contribution in [1.29, 1.82) is 5.41 Å². The SMILES string of the molecule is N=C1SCC(=O)N1C[P+](c1ccccc1)(c1ccccc1)c1ccccc1.[O-][Cl+3]([O-])([O-])[O-]. The van der Waals surface area contributed by atoms with Crippen LogP contribution in [0.2, 0.25) is 0 Å². The van der Waals surface area contributed by atoms with Crippen LogP contribution in [0.1, 0.15) is 0 Å². The standard InChI is InChI=1S/C22H20N2OPS.ClHO4/c23-22-24(21(25)16-27-22)17-26(18-10-4-1-5-11-18,19-12-6-2-7-13-19)20-14-8-3-9-15-20;2-1(3,4)5/h1-15,23H,16-17H2;(H,2,3,4,5)/q+1;/p-1. The second-order valence-corrected chi connectivity index (χ2v) is 11.9. The van der Waals surface area contributed by atoms with Gasteiger partial charge in [0.2, 0.25) is 5.91 Å². The highest BCUT2D eigenvalue weighted by Gasteiger charge is 2.49. The van der Waals surface area contributed by atoms with Crippen molar-refractivity contribution in [2.45, 2.75) is 0 Å². The quantitative estimate of drug-likeness (QED) is 0.441. The van der Waals surface area contributed by atoms with Crippen LogP contribution in [-0.4, -0.2) is 28.0 Å². The predicted molar refractivity (Wildman–Crippen MR) is 117 cm³/mol. The molecule has 1 aliphatic rings. The van der Waals surface area contributed by atoms with E-state index in [4.69, 9.17) is 24.0 Å². The van der Waals surface area contributed by atoms with Gasteiger partial charge in [-0.05, 0) is 36.4 Å². The number of amidine groups is 1. The smallest absolute Gasteiger partial charge is 0.241 e. The highest BCUT2D eigenvalue weighted by molar-refractivity contribution is 8.15. The molecule has 0 spiro atoms. The van der Waals surface area contributed by atoms with Crippen LogP contribution in [0.25, 0.3) is 0 Å². The second-order valence-electron chi connectivity index (χ2n) is 6.75. The molecule has 0 radical (unpaired) electrons. The third kappa shape index (κ3) is 5.94. The monoisotopic (exact) mass is 490 g/mol. The van der Waals surface area contributed by atoms with Gasteiger partial charge in [-0.1, -0.05) is 66.4 Å². The van der Waals surface area contributed by atoms with E-state index in [-0.39, 0.29) is 5.91 Å². The molecule has 1 aliphatic heterocycles. The van der Waals surface area contributed by atoms with Crippen LogP contribution in [0.5, 0.6) is 0 Å². The van der Waals surface area contributed by atoms with Gasteiger partial charge >= 0.3 is 0 Å². The number of amides is 1. The Bertz CT molecular complexity index is 934. The van der Waals surface area contributed by atoms with Gasteiger partial charge in [-0.25, -0.2) is 18.6 Å². The Labute approximate surface area is 192 Å². The Morgan fingerprint density at radius 2 is 1.12 bits per heavy atom. The molecule has 1 amide bonds. The molecule has 7 nitrogen and oxygen atoms in total. The average Bonchev–Trinajstić information content (AvgIpc) is 3.10. The Morgan fingerprint density at radius 1 is 0.781 bits per heavy atom. The summed E-state index contributed by atoms with van der Waals surface area (Å²) in [6.45, 7) is 0. The van der Waals surface area contributed by atoms with E-state index >= 15 is 0 Å². The maximum Gasteiger partial charge on any atom is 0.241 e. The molecule has 1 heterocycles. The maximum absolute atomic E-state index is 12.5. The van der Waals surface area contributed by atoms with Crippen molar-refractivity contribution in [1.82, 2.24) is 4.90 Å². The molecular weight excluding hydrogens is 471 g/mol. The summed E-state index contributed by atoms with van der Waals surface area (Å²) in [5, 5.41) is 12.3. The summed E-state index contributed by atoms with van der Waals surface area (Å²) in [4.78, 5) is 14.2. The third-order valence-corrected chi connectivity index (χ3v) is 9.95. The molecule has 32 heavy (non-hydrogen) atoms. The van der Waals surface area contributed by atoms with Gasteiger partial charge in [0, 0.05) is 0 Å². The molecule has 3 aromatic rings.